The van der Waals surface area contributed by atoms with Crippen LogP contribution in [0, 0.1) is 5.82 Å². The molecule has 7 heteroatoms. The molecule has 28 heavy (non-hydrogen) atoms. The lowest BCUT2D eigenvalue weighted by atomic mass is 10.0. The van der Waals surface area contributed by atoms with Gasteiger partial charge in [-0.1, -0.05) is 48.5 Å². The highest BCUT2D eigenvalue weighted by Crippen LogP contribution is 2.27. The summed E-state index contributed by atoms with van der Waals surface area (Å²) in [5.74, 6) is -1.56. The van der Waals surface area contributed by atoms with Gasteiger partial charge in [0.2, 0.25) is 0 Å². The Morgan fingerprint density at radius 1 is 1.04 bits per heavy atom. The van der Waals surface area contributed by atoms with Crippen molar-refractivity contribution in [1.29, 1.82) is 0 Å². The third kappa shape index (κ3) is 4.32. The quantitative estimate of drug-likeness (QED) is 0.406. The number of hydrogen-bond acceptors (Lipinski definition) is 4. The van der Waals surface area contributed by atoms with Crippen LogP contribution in [-0.2, 0) is 16.2 Å². The van der Waals surface area contributed by atoms with E-state index in [1.54, 1.807) is 24.3 Å². The first-order chi connectivity index (χ1) is 13.6. The molecule has 142 valence electrons. The molecule has 0 aliphatic heterocycles. The van der Waals surface area contributed by atoms with Crippen LogP contribution in [0.1, 0.15) is 11.1 Å². The molecule has 6 nitrogen and oxygen atoms in total. The minimum atomic E-state index is -0.882. The van der Waals surface area contributed by atoms with E-state index in [1.807, 2.05) is 30.3 Å². The normalized spacial score (nSPS) is 10.8. The second-order valence-corrected chi connectivity index (χ2v) is 5.86. The summed E-state index contributed by atoms with van der Waals surface area (Å²) < 4.78 is 19.7. The second-order valence-electron chi connectivity index (χ2n) is 5.86. The summed E-state index contributed by atoms with van der Waals surface area (Å²) in [6.07, 6.45) is 1.40. The van der Waals surface area contributed by atoms with Crippen LogP contribution < -0.4 is 15.5 Å². The van der Waals surface area contributed by atoms with Gasteiger partial charge < -0.3 is 10.1 Å². The number of nitrogens with zero attached hydrogens (tertiary/aromatic N) is 1. The number of amides is 2. The van der Waals surface area contributed by atoms with E-state index in [2.05, 4.69) is 15.8 Å². The van der Waals surface area contributed by atoms with Gasteiger partial charge in [-0.2, -0.15) is 5.10 Å². The number of fused-ring (bicyclic) bond motifs is 1. The third-order valence-electron chi connectivity index (χ3n) is 4.06. The fourth-order valence-electron chi connectivity index (χ4n) is 2.63. The summed E-state index contributed by atoms with van der Waals surface area (Å²) in [5, 5.41) is 7.85. The Hall–Kier alpha value is -3.74. The van der Waals surface area contributed by atoms with Crippen LogP contribution in [0.4, 0.5) is 4.39 Å². The standard InChI is InChI=1S/C21H18FN3O3/c1-23-20(26)21(27)25-24-12-17-16-8-4-2-6-14(16)10-11-19(17)28-13-15-7-3-5-9-18(15)22/h2-12H,13H2,1H3,(H,23,26)(H,25,27)/b24-12-. The summed E-state index contributed by atoms with van der Waals surface area (Å²) in [7, 11) is 1.35. The smallest absolute Gasteiger partial charge is 0.329 e. The van der Waals surface area contributed by atoms with Crippen molar-refractivity contribution < 1.29 is 18.7 Å². The number of carbonyl (C=O) groups is 2. The van der Waals surface area contributed by atoms with E-state index >= 15 is 0 Å². The Morgan fingerprint density at radius 3 is 2.57 bits per heavy atom. The third-order valence-corrected chi connectivity index (χ3v) is 4.06. The Labute approximate surface area is 161 Å². The van der Waals surface area contributed by atoms with Gasteiger partial charge in [0.05, 0.1) is 6.21 Å². The topological polar surface area (TPSA) is 79.8 Å². The van der Waals surface area contributed by atoms with Crippen LogP contribution in [-0.4, -0.2) is 25.1 Å². The first kappa shape index (κ1) is 19.0. The zero-order valence-corrected chi connectivity index (χ0v) is 15.1. The number of benzene rings is 3. The molecule has 0 radical (unpaired) electrons. The molecule has 0 aliphatic rings. The van der Waals surface area contributed by atoms with Crippen LogP contribution in [0.5, 0.6) is 5.75 Å². The van der Waals surface area contributed by atoms with E-state index in [0.717, 1.165) is 10.8 Å². The minimum absolute atomic E-state index is 0.0381. The van der Waals surface area contributed by atoms with E-state index in [1.165, 1.54) is 19.3 Å². The lowest BCUT2D eigenvalue weighted by Gasteiger charge is -2.12. The van der Waals surface area contributed by atoms with E-state index in [0.29, 0.717) is 16.9 Å². The monoisotopic (exact) mass is 379 g/mol. The molecule has 2 amide bonds. The molecule has 0 bridgehead atoms. The number of rotatable bonds is 5. The molecule has 0 heterocycles. The average Bonchev–Trinajstić information content (AvgIpc) is 2.73. The van der Waals surface area contributed by atoms with Gasteiger partial charge in [0.1, 0.15) is 18.2 Å². The molecular formula is C21H18FN3O3. The number of likely N-dealkylation sites (N-methyl/N-ethyl adjacent to an activating group) is 1. The molecule has 3 aromatic rings. The van der Waals surface area contributed by atoms with E-state index in [9.17, 15) is 14.0 Å². The average molecular weight is 379 g/mol. The van der Waals surface area contributed by atoms with Crippen LogP contribution in [0.3, 0.4) is 0 Å². The molecule has 0 unspecified atom stereocenters. The Balaban J connectivity index is 1.89. The van der Waals surface area contributed by atoms with Crippen molar-refractivity contribution in [2.45, 2.75) is 6.61 Å². The van der Waals surface area contributed by atoms with E-state index in [-0.39, 0.29) is 12.4 Å². The van der Waals surface area contributed by atoms with E-state index in [4.69, 9.17) is 4.74 Å². The van der Waals surface area contributed by atoms with Crippen molar-refractivity contribution in [3.63, 3.8) is 0 Å². The summed E-state index contributed by atoms with van der Waals surface area (Å²) in [6, 6.07) is 17.6. The maximum absolute atomic E-state index is 13.9. The van der Waals surface area contributed by atoms with Crippen molar-refractivity contribution in [3.8, 4) is 5.75 Å². The zero-order valence-electron chi connectivity index (χ0n) is 15.1. The molecule has 0 spiro atoms. The molecule has 3 rings (SSSR count). The second kappa shape index (κ2) is 8.77. The van der Waals surface area contributed by atoms with E-state index < -0.39 is 11.8 Å². The number of carbonyl (C=O) groups excluding carboxylic acids is 2. The lowest BCUT2D eigenvalue weighted by Crippen LogP contribution is -2.35. The molecule has 2 N–H and O–H groups in total. The summed E-state index contributed by atoms with van der Waals surface area (Å²) >= 11 is 0. The number of ether oxygens (including phenoxy) is 1. The van der Waals surface area contributed by atoms with Gasteiger partial charge in [0.25, 0.3) is 0 Å². The fraction of sp³-hybridized carbons (Fsp3) is 0.0952. The molecule has 0 atom stereocenters. The molecule has 3 aromatic carbocycles. The van der Waals surface area contributed by atoms with Crippen LogP contribution >= 0.6 is 0 Å². The first-order valence-corrected chi connectivity index (χ1v) is 8.53. The van der Waals surface area contributed by atoms with Gasteiger partial charge in [0.15, 0.2) is 0 Å². The Bertz CT molecular complexity index is 1050. The highest BCUT2D eigenvalue weighted by molar-refractivity contribution is 6.35. The number of nitrogens with one attached hydrogen (secondary N) is 2. The number of hydrogen-bond donors (Lipinski definition) is 2. The molecule has 0 saturated heterocycles. The van der Waals surface area contributed by atoms with Gasteiger partial charge in [-0.25, -0.2) is 9.82 Å². The maximum Gasteiger partial charge on any atom is 0.329 e. The summed E-state index contributed by atoms with van der Waals surface area (Å²) in [4.78, 5) is 22.8. The van der Waals surface area contributed by atoms with Crippen molar-refractivity contribution in [1.82, 2.24) is 10.7 Å². The van der Waals surface area contributed by atoms with Gasteiger partial charge >= 0.3 is 11.8 Å². The van der Waals surface area contributed by atoms with Crippen molar-refractivity contribution in [3.05, 3.63) is 77.6 Å². The summed E-state index contributed by atoms with van der Waals surface area (Å²) in [6.45, 7) is 0.0381. The molecular weight excluding hydrogens is 361 g/mol. The zero-order chi connectivity index (χ0) is 19.9. The molecule has 0 fully saturated rings. The molecule has 0 aromatic heterocycles. The van der Waals surface area contributed by atoms with Crippen LogP contribution in [0.25, 0.3) is 10.8 Å². The lowest BCUT2D eigenvalue weighted by molar-refractivity contribution is -0.138. The van der Waals surface area contributed by atoms with Crippen LogP contribution in [0.15, 0.2) is 65.8 Å². The Morgan fingerprint density at radius 2 is 1.79 bits per heavy atom. The van der Waals surface area contributed by atoms with Crippen LogP contribution in [0.2, 0.25) is 0 Å². The predicted octanol–water partition coefficient (Wildman–Crippen LogP) is 2.75. The minimum Gasteiger partial charge on any atom is -0.488 e. The molecule has 0 aliphatic carbocycles. The van der Waals surface area contributed by atoms with Gasteiger partial charge in [-0.05, 0) is 22.9 Å². The van der Waals surface area contributed by atoms with Gasteiger partial charge in [-0.15, -0.1) is 0 Å². The van der Waals surface area contributed by atoms with Crippen molar-refractivity contribution in [2.75, 3.05) is 7.05 Å². The first-order valence-electron chi connectivity index (χ1n) is 8.53. The highest BCUT2D eigenvalue weighted by Gasteiger charge is 2.11. The number of hydrazone groups is 1. The van der Waals surface area contributed by atoms with Crippen molar-refractivity contribution in [2.24, 2.45) is 5.10 Å². The molecule has 0 saturated carbocycles. The largest absolute Gasteiger partial charge is 0.488 e. The van der Waals surface area contributed by atoms with Gasteiger partial charge in [-0.3, -0.25) is 9.59 Å². The Kier molecular flexibility index (Phi) is 5.96. The predicted molar refractivity (Wildman–Crippen MR) is 104 cm³/mol. The highest BCUT2D eigenvalue weighted by atomic mass is 19.1. The SMILES string of the molecule is CNC(=O)C(=O)N/N=C\c1c(OCc2ccccc2F)ccc2ccccc12. The fourth-order valence-corrected chi connectivity index (χ4v) is 2.63. The maximum atomic E-state index is 13.9. The van der Waals surface area contributed by atoms with Gasteiger partial charge in [0, 0.05) is 18.2 Å². The number of halogens is 1. The summed E-state index contributed by atoms with van der Waals surface area (Å²) in [5.41, 5.74) is 3.19. The van der Waals surface area contributed by atoms with Crippen molar-refractivity contribution >= 4 is 28.8 Å².